The van der Waals surface area contributed by atoms with Gasteiger partial charge in [0, 0.05) is 17.1 Å². The first-order chi connectivity index (χ1) is 14.3. The number of thioether (sulfide) groups is 1. The van der Waals surface area contributed by atoms with Crippen molar-refractivity contribution in [1.82, 2.24) is 15.5 Å². The van der Waals surface area contributed by atoms with Gasteiger partial charge >= 0.3 is 0 Å². The number of amides is 2. The molecule has 0 saturated heterocycles. The quantitative estimate of drug-likeness (QED) is 0.472. The van der Waals surface area contributed by atoms with Crippen LogP contribution in [0.1, 0.15) is 15.9 Å². The van der Waals surface area contributed by atoms with Gasteiger partial charge in [0.05, 0.1) is 27.6 Å². The number of aromatic nitrogens is 2. The van der Waals surface area contributed by atoms with Crippen molar-refractivity contribution < 1.29 is 14.0 Å². The SMILES string of the molecule is CNC(=O)c1cc(Cl)cc(C)c1NC(=O)CSc1nnc(-c2cc(Cl)ccc2Cl)o1. The van der Waals surface area contributed by atoms with Crippen LogP contribution < -0.4 is 10.6 Å². The molecule has 0 spiro atoms. The minimum absolute atomic E-state index is 0.0137. The van der Waals surface area contributed by atoms with Gasteiger partial charge in [0.2, 0.25) is 11.8 Å². The van der Waals surface area contributed by atoms with Crippen molar-refractivity contribution in [2.75, 3.05) is 18.1 Å². The van der Waals surface area contributed by atoms with E-state index in [2.05, 4.69) is 20.8 Å². The monoisotopic (exact) mass is 484 g/mol. The topological polar surface area (TPSA) is 97.1 Å². The molecule has 2 aromatic carbocycles. The molecule has 156 valence electrons. The molecule has 0 aliphatic carbocycles. The minimum Gasteiger partial charge on any atom is -0.411 e. The van der Waals surface area contributed by atoms with Crippen LogP contribution in [-0.4, -0.2) is 34.8 Å². The summed E-state index contributed by atoms with van der Waals surface area (Å²) >= 11 is 19.2. The van der Waals surface area contributed by atoms with Gasteiger partial charge in [-0.15, -0.1) is 10.2 Å². The Balaban J connectivity index is 1.70. The average Bonchev–Trinajstić information content (AvgIpc) is 3.18. The molecule has 0 fully saturated rings. The Morgan fingerprint density at radius 3 is 2.60 bits per heavy atom. The molecule has 3 rings (SSSR count). The smallest absolute Gasteiger partial charge is 0.277 e. The standard InChI is InChI=1S/C19H15Cl3N4O3S/c1-9-5-11(21)7-13(17(28)23-2)16(9)24-15(27)8-30-19-26-25-18(29-19)12-6-10(20)3-4-14(12)22/h3-7H,8H2,1-2H3,(H,23,28)(H,24,27). The van der Waals surface area contributed by atoms with Gasteiger partial charge in [-0.05, 0) is 42.8 Å². The molecule has 1 aromatic heterocycles. The Kier molecular flexibility index (Phi) is 7.25. The van der Waals surface area contributed by atoms with Gasteiger partial charge < -0.3 is 15.1 Å². The van der Waals surface area contributed by atoms with Crippen LogP contribution in [0.5, 0.6) is 0 Å². The lowest BCUT2D eigenvalue weighted by atomic mass is 10.1. The van der Waals surface area contributed by atoms with Crippen LogP contribution in [0.15, 0.2) is 40.0 Å². The number of rotatable bonds is 6. The molecule has 2 N–H and O–H groups in total. The third-order valence-electron chi connectivity index (χ3n) is 3.93. The molecule has 0 unspecified atom stereocenters. The summed E-state index contributed by atoms with van der Waals surface area (Å²) in [6, 6.07) is 8.05. The van der Waals surface area contributed by atoms with E-state index in [-0.39, 0.29) is 34.2 Å². The minimum atomic E-state index is -0.358. The van der Waals surface area contributed by atoms with Gasteiger partial charge in [-0.3, -0.25) is 9.59 Å². The molecule has 2 amide bonds. The molecule has 0 saturated carbocycles. The number of carbonyl (C=O) groups is 2. The average molecular weight is 486 g/mol. The van der Waals surface area contributed by atoms with Crippen molar-refractivity contribution in [2.24, 2.45) is 0 Å². The Labute approximate surface area is 191 Å². The van der Waals surface area contributed by atoms with E-state index in [1.54, 1.807) is 31.2 Å². The maximum absolute atomic E-state index is 12.4. The zero-order valence-electron chi connectivity index (χ0n) is 15.8. The Bertz CT molecular complexity index is 1120. The van der Waals surface area contributed by atoms with Crippen molar-refractivity contribution in [1.29, 1.82) is 0 Å². The van der Waals surface area contributed by atoms with Crippen molar-refractivity contribution in [2.45, 2.75) is 12.1 Å². The van der Waals surface area contributed by atoms with Crippen molar-refractivity contribution in [3.63, 3.8) is 0 Å². The van der Waals surface area contributed by atoms with E-state index in [4.69, 9.17) is 39.2 Å². The predicted octanol–water partition coefficient (Wildman–Crippen LogP) is 5.10. The summed E-state index contributed by atoms with van der Waals surface area (Å²) in [6.07, 6.45) is 0. The maximum Gasteiger partial charge on any atom is 0.277 e. The maximum atomic E-state index is 12.4. The number of anilines is 1. The molecule has 0 aliphatic heterocycles. The van der Waals surface area contributed by atoms with Gasteiger partial charge in [0.1, 0.15) is 0 Å². The molecule has 1 heterocycles. The highest BCUT2D eigenvalue weighted by Gasteiger charge is 2.18. The predicted molar refractivity (Wildman–Crippen MR) is 119 cm³/mol. The fourth-order valence-corrected chi connectivity index (χ4v) is 3.77. The molecule has 0 bridgehead atoms. The lowest BCUT2D eigenvalue weighted by molar-refractivity contribution is -0.113. The van der Waals surface area contributed by atoms with E-state index < -0.39 is 0 Å². The highest BCUT2D eigenvalue weighted by Crippen LogP contribution is 2.31. The molecule has 11 heteroatoms. The van der Waals surface area contributed by atoms with E-state index in [0.29, 0.717) is 31.9 Å². The summed E-state index contributed by atoms with van der Waals surface area (Å²) in [4.78, 5) is 24.5. The van der Waals surface area contributed by atoms with Crippen molar-refractivity contribution in [3.05, 3.63) is 56.5 Å². The lowest BCUT2D eigenvalue weighted by Crippen LogP contribution is -2.23. The van der Waals surface area contributed by atoms with Gasteiger partial charge in [-0.25, -0.2) is 0 Å². The zero-order chi connectivity index (χ0) is 21.8. The highest BCUT2D eigenvalue weighted by atomic mass is 35.5. The zero-order valence-corrected chi connectivity index (χ0v) is 18.8. The molecule has 30 heavy (non-hydrogen) atoms. The second-order valence-corrected chi connectivity index (χ2v) is 8.27. The van der Waals surface area contributed by atoms with Crippen LogP contribution in [0, 0.1) is 6.92 Å². The second-order valence-electron chi connectivity index (χ2n) is 6.06. The molecule has 7 nitrogen and oxygen atoms in total. The summed E-state index contributed by atoms with van der Waals surface area (Å²) < 4.78 is 5.56. The van der Waals surface area contributed by atoms with E-state index in [0.717, 1.165) is 11.8 Å². The Morgan fingerprint density at radius 2 is 1.87 bits per heavy atom. The van der Waals surface area contributed by atoms with Crippen molar-refractivity contribution in [3.8, 4) is 11.5 Å². The fourth-order valence-electron chi connectivity index (χ4n) is 2.56. The third kappa shape index (κ3) is 5.26. The number of nitrogens with one attached hydrogen (secondary N) is 2. The van der Waals surface area contributed by atoms with Crippen LogP contribution in [0.3, 0.4) is 0 Å². The second kappa shape index (κ2) is 9.70. The van der Waals surface area contributed by atoms with Gasteiger partial charge in [-0.2, -0.15) is 0 Å². The molecule has 0 aliphatic rings. The highest BCUT2D eigenvalue weighted by molar-refractivity contribution is 7.99. The first-order valence-corrected chi connectivity index (χ1v) is 10.6. The summed E-state index contributed by atoms with van der Waals surface area (Å²) in [5.74, 6) is -0.527. The summed E-state index contributed by atoms with van der Waals surface area (Å²) in [5, 5.41) is 14.6. The number of aryl methyl sites for hydroxylation is 1. The number of nitrogens with zero attached hydrogens (tertiary/aromatic N) is 2. The van der Waals surface area contributed by atoms with Crippen LogP contribution in [0.25, 0.3) is 11.5 Å². The summed E-state index contributed by atoms with van der Waals surface area (Å²) in [5.41, 5.74) is 1.83. The normalized spacial score (nSPS) is 10.7. The van der Waals surface area contributed by atoms with E-state index in [1.165, 1.54) is 13.1 Å². The molecule has 0 radical (unpaired) electrons. The van der Waals surface area contributed by atoms with Crippen LogP contribution in [0.2, 0.25) is 15.1 Å². The molecular weight excluding hydrogens is 471 g/mol. The van der Waals surface area contributed by atoms with Gasteiger partial charge in [-0.1, -0.05) is 46.6 Å². The van der Waals surface area contributed by atoms with Crippen LogP contribution >= 0.6 is 46.6 Å². The third-order valence-corrected chi connectivity index (χ3v) is 5.53. The Hall–Kier alpha value is -2.26. The van der Waals surface area contributed by atoms with Gasteiger partial charge in [0.15, 0.2) is 0 Å². The van der Waals surface area contributed by atoms with E-state index >= 15 is 0 Å². The first-order valence-electron chi connectivity index (χ1n) is 8.52. The summed E-state index contributed by atoms with van der Waals surface area (Å²) in [7, 11) is 1.50. The van der Waals surface area contributed by atoms with Crippen molar-refractivity contribution >= 4 is 64.1 Å². The first kappa shape index (κ1) is 22.4. The van der Waals surface area contributed by atoms with E-state index in [9.17, 15) is 9.59 Å². The van der Waals surface area contributed by atoms with Gasteiger partial charge in [0.25, 0.3) is 11.1 Å². The summed E-state index contributed by atoms with van der Waals surface area (Å²) in [6.45, 7) is 1.75. The number of carbonyl (C=O) groups excluding carboxylic acids is 2. The number of hydrogen-bond donors (Lipinski definition) is 2. The molecule has 0 atom stereocenters. The fraction of sp³-hybridized carbons (Fsp3) is 0.158. The van der Waals surface area contributed by atoms with Crippen LogP contribution in [0.4, 0.5) is 5.69 Å². The molecule has 3 aromatic rings. The van der Waals surface area contributed by atoms with E-state index in [1.807, 2.05) is 0 Å². The Morgan fingerprint density at radius 1 is 1.10 bits per heavy atom. The number of hydrogen-bond acceptors (Lipinski definition) is 6. The number of halogens is 3. The number of benzene rings is 2. The van der Waals surface area contributed by atoms with Crippen LogP contribution in [-0.2, 0) is 4.79 Å². The lowest BCUT2D eigenvalue weighted by Gasteiger charge is -2.13. The molecular formula is C19H15Cl3N4O3S. The largest absolute Gasteiger partial charge is 0.411 e.